The molecule has 2 atom stereocenters. The Kier molecular flexibility index (Phi) is 2.57. The molecule has 0 spiro atoms. The standard InChI is InChI=1S/C13H13NO4/c15-9-6-14(7-10(9)16)13(17)12-5-8-3-1-2-4-11(8)18-12/h1-5,9-10,15-16H,6-7H2. The Morgan fingerprint density at radius 3 is 2.56 bits per heavy atom. The lowest BCUT2D eigenvalue weighted by atomic mass is 10.2. The minimum absolute atomic E-state index is 0.136. The number of likely N-dealkylation sites (tertiary alicyclic amines) is 1. The molecule has 2 unspecified atom stereocenters. The van der Waals surface area contributed by atoms with Crippen molar-refractivity contribution in [1.82, 2.24) is 4.90 Å². The molecule has 1 aliphatic rings. The van der Waals surface area contributed by atoms with Crippen LogP contribution in [0, 0.1) is 0 Å². The number of rotatable bonds is 1. The molecule has 18 heavy (non-hydrogen) atoms. The molecule has 1 aromatic heterocycles. The summed E-state index contributed by atoms with van der Waals surface area (Å²) in [5.74, 6) is -0.0701. The summed E-state index contributed by atoms with van der Waals surface area (Å²) in [6, 6.07) is 9.04. The third-order valence-corrected chi connectivity index (χ3v) is 3.18. The van der Waals surface area contributed by atoms with Crippen molar-refractivity contribution in [3.8, 4) is 0 Å². The second-order valence-electron chi connectivity index (χ2n) is 4.49. The molecule has 1 aromatic carbocycles. The highest BCUT2D eigenvalue weighted by molar-refractivity contribution is 5.96. The fourth-order valence-electron chi connectivity index (χ4n) is 2.18. The number of amides is 1. The average molecular weight is 247 g/mol. The highest BCUT2D eigenvalue weighted by atomic mass is 16.4. The second-order valence-corrected chi connectivity index (χ2v) is 4.49. The first kappa shape index (κ1) is 11.3. The van der Waals surface area contributed by atoms with Crippen molar-refractivity contribution in [2.75, 3.05) is 13.1 Å². The number of hydrogen-bond donors (Lipinski definition) is 2. The number of fused-ring (bicyclic) bond motifs is 1. The molecule has 1 saturated heterocycles. The van der Waals surface area contributed by atoms with Gasteiger partial charge in [-0.3, -0.25) is 4.79 Å². The summed E-state index contributed by atoms with van der Waals surface area (Å²) in [4.78, 5) is 13.5. The molecule has 2 heterocycles. The van der Waals surface area contributed by atoms with Gasteiger partial charge in [0.2, 0.25) is 0 Å². The number of carbonyl (C=O) groups is 1. The van der Waals surface area contributed by atoms with Gasteiger partial charge < -0.3 is 19.5 Å². The van der Waals surface area contributed by atoms with Gasteiger partial charge in [-0.2, -0.15) is 0 Å². The lowest BCUT2D eigenvalue weighted by Crippen LogP contribution is -2.29. The fraction of sp³-hybridized carbons (Fsp3) is 0.308. The molecule has 0 saturated carbocycles. The van der Waals surface area contributed by atoms with Gasteiger partial charge in [0, 0.05) is 18.5 Å². The van der Waals surface area contributed by atoms with Crippen molar-refractivity contribution in [2.45, 2.75) is 12.2 Å². The maximum atomic E-state index is 12.1. The normalized spacial score (nSPS) is 23.8. The number of carbonyl (C=O) groups excluding carboxylic acids is 1. The largest absolute Gasteiger partial charge is 0.451 e. The molecule has 2 aromatic rings. The Balaban J connectivity index is 1.88. The highest BCUT2D eigenvalue weighted by Gasteiger charge is 2.34. The molecule has 3 rings (SSSR count). The highest BCUT2D eigenvalue weighted by Crippen LogP contribution is 2.21. The van der Waals surface area contributed by atoms with E-state index < -0.39 is 12.2 Å². The molecule has 0 bridgehead atoms. The summed E-state index contributed by atoms with van der Waals surface area (Å²) >= 11 is 0. The smallest absolute Gasteiger partial charge is 0.289 e. The van der Waals surface area contributed by atoms with E-state index in [4.69, 9.17) is 4.42 Å². The number of aliphatic hydroxyl groups is 2. The van der Waals surface area contributed by atoms with Gasteiger partial charge >= 0.3 is 0 Å². The van der Waals surface area contributed by atoms with Crippen molar-refractivity contribution < 1.29 is 19.4 Å². The quantitative estimate of drug-likeness (QED) is 0.774. The monoisotopic (exact) mass is 247 g/mol. The molecular formula is C13H13NO4. The van der Waals surface area contributed by atoms with Crippen LogP contribution in [0.25, 0.3) is 11.0 Å². The van der Waals surface area contributed by atoms with Crippen molar-refractivity contribution in [1.29, 1.82) is 0 Å². The maximum Gasteiger partial charge on any atom is 0.289 e. The predicted octanol–water partition coefficient (Wildman–Crippen LogP) is 0.610. The third-order valence-electron chi connectivity index (χ3n) is 3.18. The van der Waals surface area contributed by atoms with Gasteiger partial charge in [-0.05, 0) is 12.1 Å². The summed E-state index contributed by atoms with van der Waals surface area (Å²) < 4.78 is 5.46. The van der Waals surface area contributed by atoms with E-state index in [-0.39, 0.29) is 24.8 Å². The lowest BCUT2D eigenvalue weighted by Gasteiger charge is -2.12. The number of aliphatic hydroxyl groups excluding tert-OH is 2. The van der Waals surface area contributed by atoms with E-state index in [9.17, 15) is 15.0 Å². The molecule has 1 fully saturated rings. The van der Waals surface area contributed by atoms with E-state index >= 15 is 0 Å². The predicted molar refractivity (Wildman–Crippen MR) is 64.1 cm³/mol. The number of para-hydroxylation sites is 1. The number of nitrogens with zero attached hydrogens (tertiary/aromatic N) is 1. The molecule has 94 valence electrons. The fourth-order valence-corrected chi connectivity index (χ4v) is 2.18. The first-order chi connectivity index (χ1) is 8.65. The van der Waals surface area contributed by atoms with E-state index in [1.807, 2.05) is 18.2 Å². The number of β-amino-alcohol motifs (C(OH)–C–C–N with tert-alkyl or cyclic N) is 2. The molecule has 0 radical (unpaired) electrons. The van der Waals surface area contributed by atoms with Crippen molar-refractivity contribution in [3.63, 3.8) is 0 Å². The van der Waals surface area contributed by atoms with Crippen LogP contribution in [0.5, 0.6) is 0 Å². The summed E-state index contributed by atoms with van der Waals surface area (Å²) in [6.07, 6.45) is -1.75. The average Bonchev–Trinajstić information content (AvgIpc) is 2.93. The first-order valence-electron chi connectivity index (χ1n) is 5.79. The van der Waals surface area contributed by atoms with E-state index in [1.165, 1.54) is 4.90 Å². The summed E-state index contributed by atoms with van der Waals surface area (Å²) in [5.41, 5.74) is 0.654. The Morgan fingerprint density at radius 2 is 1.89 bits per heavy atom. The van der Waals surface area contributed by atoms with Crippen molar-refractivity contribution in [2.24, 2.45) is 0 Å². The lowest BCUT2D eigenvalue weighted by molar-refractivity contribution is 0.0572. The second kappa shape index (κ2) is 4.12. The van der Waals surface area contributed by atoms with Crippen LogP contribution in [0.4, 0.5) is 0 Å². The van der Waals surface area contributed by atoms with Crippen LogP contribution in [0.15, 0.2) is 34.7 Å². The van der Waals surface area contributed by atoms with Crippen molar-refractivity contribution in [3.05, 3.63) is 36.1 Å². The van der Waals surface area contributed by atoms with E-state index in [2.05, 4.69) is 0 Å². The van der Waals surface area contributed by atoms with Crippen LogP contribution in [0.2, 0.25) is 0 Å². The molecule has 1 amide bonds. The molecule has 2 N–H and O–H groups in total. The molecule has 5 nitrogen and oxygen atoms in total. The van der Waals surface area contributed by atoms with Crippen LogP contribution >= 0.6 is 0 Å². The summed E-state index contributed by atoms with van der Waals surface area (Å²) in [5, 5.41) is 19.7. The molecule has 5 heteroatoms. The topological polar surface area (TPSA) is 73.9 Å². The Labute approximate surface area is 103 Å². The number of furan rings is 1. The van der Waals surface area contributed by atoms with Crippen LogP contribution < -0.4 is 0 Å². The first-order valence-corrected chi connectivity index (χ1v) is 5.79. The third kappa shape index (κ3) is 1.77. The zero-order chi connectivity index (χ0) is 12.7. The van der Waals surface area contributed by atoms with Crippen LogP contribution in [-0.4, -0.2) is 46.3 Å². The summed E-state index contributed by atoms with van der Waals surface area (Å²) in [6.45, 7) is 0.272. The Hall–Kier alpha value is -1.85. The van der Waals surface area contributed by atoms with Crippen molar-refractivity contribution >= 4 is 16.9 Å². The van der Waals surface area contributed by atoms with Gasteiger partial charge in [-0.15, -0.1) is 0 Å². The SMILES string of the molecule is O=C(c1cc2ccccc2o1)N1CC(O)C(O)C1. The van der Waals surface area contributed by atoms with Gasteiger partial charge in [0.05, 0.1) is 12.2 Å². The minimum atomic E-state index is -0.877. The zero-order valence-electron chi connectivity index (χ0n) is 9.61. The van der Waals surface area contributed by atoms with E-state index in [1.54, 1.807) is 12.1 Å². The number of benzene rings is 1. The minimum Gasteiger partial charge on any atom is -0.451 e. The Bertz CT molecular complexity index is 548. The van der Waals surface area contributed by atoms with Gasteiger partial charge in [0.15, 0.2) is 5.76 Å². The van der Waals surface area contributed by atoms with E-state index in [0.717, 1.165) is 5.39 Å². The van der Waals surface area contributed by atoms with E-state index in [0.29, 0.717) is 5.58 Å². The molecule has 1 aliphatic heterocycles. The summed E-state index contributed by atoms with van der Waals surface area (Å²) in [7, 11) is 0. The number of hydrogen-bond acceptors (Lipinski definition) is 4. The van der Waals surface area contributed by atoms with Gasteiger partial charge in [-0.25, -0.2) is 0 Å². The van der Waals surface area contributed by atoms with Crippen LogP contribution in [-0.2, 0) is 0 Å². The van der Waals surface area contributed by atoms with Gasteiger partial charge in [0.1, 0.15) is 5.58 Å². The van der Waals surface area contributed by atoms with Gasteiger partial charge in [-0.1, -0.05) is 18.2 Å². The van der Waals surface area contributed by atoms with Crippen LogP contribution in [0.1, 0.15) is 10.6 Å². The molecular weight excluding hydrogens is 234 g/mol. The zero-order valence-corrected chi connectivity index (χ0v) is 9.61. The molecule has 0 aliphatic carbocycles. The maximum absolute atomic E-state index is 12.1. The van der Waals surface area contributed by atoms with Gasteiger partial charge in [0.25, 0.3) is 5.91 Å². The Morgan fingerprint density at radius 1 is 1.22 bits per heavy atom. The van der Waals surface area contributed by atoms with Crippen LogP contribution in [0.3, 0.4) is 0 Å².